The third-order valence-corrected chi connectivity index (χ3v) is 4.57. The molecule has 1 aromatic rings. The Balaban J connectivity index is 1.92. The zero-order valence-electron chi connectivity index (χ0n) is 9.80. The van der Waals surface area contributed by atoms with Crippen molar-refractivity contribution in [3.63, 3.8) is 0 Å². The van der Waals surface area contributed by atoms with Gasteiger partial charge in [-0.3, -0.25) is 9.69 Å². The van der Waals surface area contributed by atoms with Crippen molar-refractivity contribution in [2.45, 2.75) is 0 Å². The number of hydrogen-bond acceptors (Lipinski definition) is 4. The van der Waals surface area contributed by atoms with E-state index in [2.05, 4.69) is 0 Å². The highest BCUT2D eigenvalue weighted by atomic mass is 32.2. The number of hydrogen-bond donors (Lipinski definition) is 0. The van der Waals surface area contributed by atoms with Crippen LogP contribution in [0.2, 0.25) is 0 Å². The maximum Gasteiger partial charge on any atom is 0.178 e. The molecule has 94 valence electrons. The second-order valence-corrected chi connectivity index (χ2v) is 6.72. The Morgan fingerprint density at radius 3 is 2.53 bits per heavy atom. The van der Waals surface area contributed by atoms with Crippen molar-refractivity contribution < 1.29 is 13.2 Å². The van der Waals surface area contributed by atoms with Crippen LogP contribution in [0.15, 0.2) is 18.5 Å². The van der Waals surface area contributed by atoms with Crippen LogP contribution in [0.5, 0.6) is 0 Å². The lowest BCUT2D eigenvalue weighted by molar-refractivity contribution is 0.0936. The molecule has 2 heterocycles. The van der Waals surface area contributed by atoms with Crippen molar-refractivity contribution in [2.24, 2.45) is 7.05 Å². The van der Waals surface area contributed by atoms with Gasteiger partial charge < -0.3 is 4.57 Å². The minimum Gasteiger partial charge on any atom is -0.357 e. The van der Waals surface area contributed by atoms with Gasteiger partial charge in [-0.05, 0) is 6.07 Å². The van der Waals surface area contributed by atoms with Gasteiger partial charge >= 0.3 is 0 Å². The largest absolute Gasteiger partial charge is 0.357 e. The van der Waals surface area contributed by atoms with Gasteiger partial charge in [0.15, 0.2) is 15.6 Å². The van der Waals surface area contributed by atoms with Gasteiger partial charge in [0.05, 0.1) is 18.1 Å². The molecule has 0 unspecified atom stereocenters. The van der Waals surface area contributed by atoms with E-state index in [0.717, 1.165) is 0 Å². The molecule has 0 aromatic carbocycles. The summed E-state index contributed by atoms with van der Waals surface area (Å²) in [5.41, 5.74) is 0.681. The number of carbonyl (C=O) groups excluding carboxylic acids is 1. The molecule has 5 nitrogen and oxygen atoms in total. The van der Waals surface area contributed by atoms with Gasteiger partial charge in [0.1, 0.15) is 0 Å². The predicted molar refractivity (Wildman–Crippen MR) is 64.8 cm³/mol. The molecule has 0 spiro atoms. The van der Waals surface area contributed by atoms with E-state index in [-0.39, 0.29) is 17.3 Å². The Morgan fingerprint density at radius 1 is 1.35 bits per heavy atom. The fourth-order valence-corrected chi connectivity index (χ4v) is 3.15. The number of sulfone groups is 1. The standard InChI is InChI=1S/C11H16N2O3S/c1-12-3-2-10(8-12)11(14)9-13-4-6-17(15,16)7-5-13/h2-3,8H,4-7,9H2,1H3. The van der Waals surface area contributed by atoms with Crippen molar-refractivity contribution in [3.8, 4) is 0 Å². The normalized spacial score (nSPS) is 20.3. The second-order valence-electron chi connectivity index (χ2n) is 4.42. The smallest absolute Gasteiger partial charge is 0.178 e. The number of aromatic nitrogens is 1. The molecule has 6 heteroatoms. The average Bonchev–Trinajstić information content (AvgIpc) is 2.68. The van der Waals surface area contributed by atoms with Gasteiger partial charge in [0.2, 0.25) is 0 Å². The summed E-state index contributed by atoms with van der Waals surface area (Å²) in [5, 5.41) is 0. The number of Topliss-reactive ketones (excluding diaryl/α,β-unsaturated/α-hetero) is 1. The average molecular weight is 256 g/mol. The molecule has 1 aliphatic rings. The molecule has 0 radical (unpaired) electrons. The molecule has 0 aliphatic carbocycles. The summed E-state index contributed by atoms with van der Waals surface area (Å²) in [6.07, 6.45) is 3.61. The van der Waals surface area contributed by atoms with E-state index in [4.69, 9.17) is 0 Å². The van der Waals surface area contributed by atoms with Gasteiger partial charge in [-0.25, -0.2) is 8.42 Å². The lowest BCUT2D eigenvalue weighted by atomic mass is 10.2. The van der Waals surface area contributed by atoms with Crippen molar-refractivity contribution >= 4 is 15.6 Å². The van der Waals surface area contributed by atoms with Crippen LogP contribution in [-0.2, 0) is 16.9 Å². The van der Waals surface area contributed by atoms with E-state index in [1.165, 1.54) is 0 Å². The SMILES string of the molecule is Cn1ccc(C(=O)CN2CCS(=O)(=O)CC2)c1. The van der Waals surface area contributed by atoms with E-state index in [9.17, 15) is 13.2 Å². The first-order valence-corrected chi connectivity index (χ1v) is 7.36. The summed E-state index contributed by atoms with van der Waals surface area (Å²) in [7, 11) is -1.00. The highest BCUT2D eigenvalue weighted by Crippen LogP contribution is 2.07. The van der Waals surface area contributed by atoms with Crippen LogP contribution in [0.25, 0.3) is 0 Å². The minimum atomic E-state index is -2.87. The molecule has 0 atom stereocenters. The van der Waals surface area contributed by atoms with Crippen molar-refractivity contribution in [3.05, 3.63) is 24.0 Å². The molecule has 1 aliphatic heterocycles. The van der Waals surface area contributed by atoms with Crippen molar-refractivity contribution in [1.82, 2.24) is 9.47 Å². The topological polar surface area (TPSA) is 59.4 Å². The van der Waals surface area contributed by atoms with Crippen LogP contribution in [0, 0.1) is 0 Å². The van der Waals surface area contributed by atoms with E-state index < -0.39 is 9.84 Å². The molecular formula is C11H16N2O3S. The molecule has 0 N–H and O–H groups in total. The summed E-state index contributed by atoms with van der Waals surface area (Å²) < 4.78 is 24.3. The Labute approximate surface area is 101 Å². The van der Waals surface area contributed by atoms with Gasteiger partial charge in [-0.2, -0.15) is 0 Å². The molecule has 1 aromatic heterocycles. The number of carbonyl (C=O) groups is 1. The van der Waals surface area contributed by atoms with Crippen LogP contribution < -0.4 is 0 Å². The van der Waals surface area contributed by atoms with Crippen LogP contribution in [0.4, 0.5) is 0 Å². The molecular weight excluding hydrogens is 240 g/mol. The van der Waals surface area contributed by atoms with E-state index in [1.54, 1.807) is 12.3 Å². The molecule has 0 amide bonds. The molecule has 0 saturated carbocycles. The Hall–Kier alpha value is -1.14. The molecule has 1 fully saturated rings. The van der Waals surface area contributed by atoms with Crippen molar-refractivity contribution in [2.75, 3.05) is 31.1 Å². The minimum absolute atomic E-state index is 0.0462. The fraction of sp³-hybridized carbons (Fsp3) is 0.545. The maximum absolute atomic E-state index is 11.9. The fourth-order valence-electron chi connectivity index (χ4n) is 1.87. The number of nitrogens with zero attached hydrogens (tertiary/aromatic N) is 2. The quantitative estimate of drug-likeness (QED) is 0.711. The summed E-state index contributed by atoms with van der Waals surface area (Å²) >= 11 is 0. The summed E-state index contributed by atoms with van der Waals surface area (Å²) in [6, 6.07) is 1.78. The molecule has 17 heavy (non-hydrogen) atoms. The first-order valence-electron chi connectivity index (χ1n) is 5.54. The van der Waals surface area contributed by atoms with Gasteiger partial charge in [0, 0.05) is 38.1 Å². The zero-order chi connectivity index (χ0) is 12.5. The molecule has 2 rings (SSSR count). The van der Waals surface area contributed by atoms with Crippen LogP contribution >= 0.6 is 0 Å². The maximum atomic E-state index is 11.9. The first-order chi connectivity index (χ1) is 7.96. The van der Waals surface area contributed by atoms with E-state index >= 15 is 0 Å². The number of aryl methyl sites for hydroxylation is 1. The highest BCUT2D eigenvalue weighted by molar-refractivity contribution is 7.91. The highest BCUT2D eigenvalue weighted by Gasteiger charge is 2.23. The van der Waals surface area contributed by atoms with Gasteiger partial charge in [-0.1, -0.05) is 0 Å². The lowest BCUT2D eigenvalue weighted by Gasteiger charge is -2.25. The van der Waals surface area contributed by atoms with Crippen LogP contribution in [-0.4, -0.2) is 54.8 Å². The first kappa shape index (κ1) is 12.3. The number of rotatable bonds is 3. The zero-order valence-corrected chi connectivity index (χ0v) is 10.6. The predicted octanol–water partition coefficient (Wildman–Crippen LogP) is -0.0618. The Bertz CT molecular complexity index is 505. The lowest BCUT2D eigenvalue weighted by Crippen LogP contribution is -2.42. The summed E-state index contributed by atoms with van der Waals surface area (Å²) in [5.74, 6) is 0.370. The van der Waals surface area contributed by atoms with Crippen molar-refractivity contribution in [1.29, 1.82) is 0 Å². The molecule has 1 saturated heterocycles. The number of ketones is 1. The van der Waals surface area contributed by atoms with Gasteiger partial charge in [0.25, 0.3) is 0 Å². The summed E-state index contributed by atoms with van der Waals surface area (Å²) in [4.78, 5) is 13.8. The third-order valence-electron chi connectivity index (χ3n) is 2.96. The van der Waals surface area contributed by atoms with Crippen LogP contribution in [0.1, 0.15) is 10.4 Å². The second kappa shape index (κ2) is 4.62. The molecule has 0 bridgehead atoms. The van der Waals surface area contributed by atoms with E-state index in [0.29, 0.717) is 25.2 Å². The monoisotopic (exact) mass is 256 g/mol. The Kier molecular flexibility index (Phi) is 3.35. The van der Waals surface area contributed by atoms with E-state index in [1.807, 2.05) is 22.7 Å². The third kappa shape index (κ3) is 3.17. The van der Waals surface area contributed by atoms with Crippen LogP contribution in [0.3, 0.4) is 0 Å². The Morgan fingerprint density at radius 2 is 2.00 bits per heavy atom. The van der Waals surface area contributed by atoms with Gasteiger partial charge in [-0.15, -0.1) is 0 Å². The summed E-state index contributed by atoms with van der Waals surface area (Å²) in [6.45, 7) is 1.22.